The van der Waals surface area contributed by atoms with Gasteiger partial charge >= 0.3 is 0 Å². The third-order valence-corrected chi connectivity index (χ3v) is 4.15. The Hall–Kier alpha value is -1.07. The summed E-state index contributed by atoms with van der Waals surface area (Å²) in [5.41, 5.74) is 8.75. The molecule has 3 rings (SSSR count). The molecule has 1 aliphatic rings. The molecule has 0 spiro atoms. The van der Waals surface area contributed by atoms with Crippen LogP contribution in [0.4, 0.5) is 5.69 Å². The normalized spacial score (nSPS) is 16.6. The van der Waals surface area contributed by atoms with Crippen LogP contribution in [0.1, 0.15) is 17.2 Å². The summed E-state index contributed by atoms with van der Waals surface area (Å²) in [6.07, 6.45) is 0. The van der Waals surface area contributed by atoms with Crippen molar-refractivity contribution >= 4 is 51.5 Å². The quantitative estimate of drug-likeness (QED) is 0.844. The van der Waals surface area contributed by atoms with Gasteiger partial charge in [-0.15, -0.1) is 12.4 Å². The minimum Gasteiger partial charge on any atom is -0.316 e. The van der Waals surface area contributed by atoms with Crippen LogP contribution in [-0.2, 0) is 11.3 Å². The van der Waals surface area contributed by atoms with Gasteiger partial charge in [0.05, 0.1) is 6.54 Å². The monoisotopic (exact) mass is 386 g/mol. The third kappa shape index (κ3) is 3.09. The number of hydrogen-bond donors (Lipinski definition) is 1. The summed E-state index contributed by atoms with van der Waals surface area (Å²) in [5.74, 6) is -0.0759. The van der Waals surface area contributed by atoms with Gasteiger partial charge in [-0.1, -0.05) is 39.7 Å². The zero-order valence-electron chi connectivity index (χ0n) is 10.9. The van der Waals surface area contributed by atoms with Crippen molar-refractivity contribution in [1.29, 1.82) is 0 Å². The summed E-state index contributed by atoms with van der Waals surface area (Å²) in [7, 11) is 0. The molecule has 0 saturated heterocycles. The maximum absolute atomic E-state index is 12.3. The fraction of sp³-hybridized carbons (Fsp3) is 0.133. The minimum absolute atomic E-state index is 0. The van der Waals surface area contributed by atoms with Gasteiger partial charge in [0.15, 0.2) is 0 Å². The third-order valence-electron chi connectivity index (χ3n) is 3.40. The summed E-state index contributed by atoms with van der Waals surface area (Å²) < 4.78 is 0.924. The molecule has 1 amide bonds. The molecule has 6 heteroatoms. The Morgan fingerprint density at radius 3 is 2.52 bits per heavy atom. The van der Waals surface area contributed by atoms with E-state index in [-0.39, 0.29) is 18.3 Å². The number of amides is 1. The maximum atomic E-state index is 12.3. The van der Waals surface area contributed by atoms with Crippen LogP contribution in [0.5, 0.6) is 0 Å². The molecule has 1 unspecified atom stereocenters. The van der Waals surface area contributed by atoms with Crippen LogP contribution in [0, 0.1) is 0 Å². The molecule has 2 N–H and O–H groups in total. The number of nitrogens with two attached hydrogens (primary N) is 1. The van der Waals surface area contributed by atoms with Gasteiger partial charge in [0.1, 0.15) is 6.04 Å². The first-order valence-corrected chi connectivity index (χ1v) is 7.34. The zero-order chi connectivity index (χ0) is 14.3. The summed E-state index contributed by atoms with van der Waals surface area (Å²) in [4.78, 5) is 14.0. The van der Waals surface area contributed by atoms with Crippen molar-refractivity contribution in [3.8, 4) is 0 Å². The SMILES string of the molecule is Cl.NC1C(=O)N(Cc2ccc(Cl)cc2)c2ccc(Br)cc21. The molecule has 0 radical (unpaired) electrons. The van der Waals surface area contributed by atoms with Gasteiger partial charge < -0.3 is 10.6 Å². The van der Waals surface area contributed by atoms with Gasteiger partial charge in [-0.25, -0.2) is 0 Å². The molecule has 1 atom stereocenters. The summed E-state index contributed by atoms with van der Waals surface area (Å²) in [5, 5.41) is 0.683. The Morgan fingerprint density at radius 1 is 1.19 bits per heavy atom. The Balaban J connectivity index is 0.00000161. The van der Waals surface area contributed by atoms with E-state index in [1.165, 1.54) is 0 Å². The molecular formula is C15H13BrCl2N2O. The van der Waals surface area contributed by atoms with Gasteiger partial charge in [0.2, 0.25) is 5.91 Å². The van der Waals surface area contributed by atoms with Crippen LogP contribution in [0.2, 0.25) is 5.02 Å². The first kappa shape index (κ1) is 16.3. The molecular weight excluding hydrogens is 375 g/mol. The number of halogens is 3. The van der Waals surface area contributed by atoms with Crippen molar-refractivity contribution in [3.63, 3.8) is 0 Å². The van der Waals surface area contributed by atoms with Crippen LogP contribution in [0.15, 0.2) is 46.9 Å². The second-order valence-electron chi connectivity index (χ2n) is 4.73. The molecule has 0 saturated carbocycles. The minimum atomic E-state index is -0.588. The number of benzene rings is 2. The number of fused-ring (bicyclic) bond motifs is 1. The lowest BCUT2D eigenvalue weighted by atomic mass is 10.1. The predicted molar refractivity (Wildman–Crippen MR) is 91.0 cm³/mol. The van der Waals surface area contributed by atoms with E-state index < -0.39 is 6.04 Å². The summed E-state index contributed by atoms with van der Waals surface area (Å²) >= 11 is 9.28. The Kier molecular flexibility index (Phi) is 4.94. The van der Waals surface area contributed by atoms with E-state index in [0.717, 1.165) is 21.3 Å². The molecule has 110 valence electrons. The molecule has 0 bridgehead atoms. The van der Waals surface area contributed by atoms with E-state index in [1.54, 1.807) is 4.90 Å². The Morgan fingerprint density at radius 2 is 1.86 bits per heavy atom. The predicted octanol–water partition coefficient (Wildman–Crippen LogP) is 4.07. The molecule has 3 nitrogen and oxygen atoms in total. The lowest BCUT2D eigenvalue weighted by Gasteiger charge is -2.17. The molecule has 1 heterocycles. The van der Waals surface area contributed by atoms with Crippen LogP contribution < -0.4 is 10.6 Å². The highest BCUT2D eigenvalue weighted by atomic mass is 79.9. The van der Waals surface area contributed by atoms with E-state index in [1.807, 2.05) is 42.5 Å². The van der Waals surface area contributed by atoms with Gasteiger partial charge in [-0.05, 0) is 35.9 Å². The van der Waals surface area contributed by atoms with Gasteiger partial charge in [-0.3, -0.25) is 4.79 Å². The van der Waals surface area contributed by atoms with Crippen molar-refractivity contribution in [2.45, 2.75) is 12.6 Å². The van der Waals surface area contributed by atoms with Crippen molar-refractivity contribution in [1.82, 2.24) is 0 Å². The number of rotatable bonds is 2. The van der Waals surface area contributed by atoms with E-state index in [2.05, 4.69) is 15.9 Å². The molecule has 0 aliphatic carbocycles. The lowest BCUT2D eigenvalue weighted by Crippen LogP contribution is -2.31. The van der Waals surface area contributed by atoms with Crippen molar-refractivity contribution < 1.29 is 4.79 Å². The van der Waals surface area contributed by atoms with Crippen LogP contribution in [-0.4, -0.2) is 5.91 Å². The van der Waals surface area contributed by atoms with Crippen LogP contribution >= 0.6 is 39.9 Å². The molecule has 1 aliphatic heterocycles. The largest absolute Gasteiger partial charge is 0.316 e. The van der Waals surface area contributed by atoms with Gasteiger partial charge in [0.25, 0.3) is 0 Å². The number of anilines is 1. The molecule has 0 aromatic heterocycles. The molecule has 2 aromatic rings. The first-order valence-electron chi connectivity index (χ1n) is 6.17. The van der Waals surface area contributed by atoms with E-state index in [0.29, 0.717) is 11.6 Å². The van der Waals surface area contributed by atoms with E-state index >= 15 is 0 Å². The average molecular weight is 388 g/mol. The highest BCUT2D eigenvalue weighted by Gasteiger charge is 2.34. The van der Waals surface area contributed by atoms with Crippen LogP contribution in [0.25, 0.3) is 0 Å². The first-order chi connectivity index (χ1) is 9.56. The summed E-state index contributed by atoms with van der Waals surface area (Å²) in [6, 6.07) is 12.6. The highest BCUT2D eigenvalue weighted by Crippen LogP contribution is 2.37. The van der Waals surface area contributed by atoms with Gasteiger partial charge in [0, 0.05) is 20.7 Å². The smallest absolute Gasteiger partial charge is 0.248 e. The topological polar surface area (TPSA) is 46.3 Å². The second kappa shape index (κ2) is 6.36. The number of carbonyl (C=O) groups excluding carboxylic acids is 1. The average Bonchev–Trinajstić information content (AvgIpc) is 2.66. The molecule has 2 aromatic carbocycles. The number of nitrogens with zero attached hydrogens (tertiary/aromatic N) is 1. The Bertz CT molecular complexity index is 676. The van der Waals surface area contributed by atoms with Crippen molar-refractivity contribution in [2.24, 2.45) is 5.73 Å². The van der Waals surface area contributed by atoms with Gasteiger partial charge in [-0.2, -0.15) is 0 Å². The fourth-order valence-electron chi connectivity index (χ4n) is 2.38. The van der Waals surface area contributed by atoms with Crippen molar-refractivity contribution in [2.75, 3.05) is 4.90 Å². The zero-order valence-corrected chi connectivity index (χ0v) is 14.1. The Labute approximate surface area is 142 Å². The number of carbonyl (C=O) groups is 1. The van der Waals surface area contributed by atoms with E-state index in [9.17, 15) is 4.79 Å². The molecule has 0 fully saturated rings. The van der Waals surface area contributed by atoms with Crippen LogP contribution in [0.3, 0.4) is 0 Å². The second-order valence-corrected chi connectivity index (χ2v) is 6.08. The summed E-state index contributed by atoms with van der Waals surface area (Å²) in [6.45, 7) is 0.498. The lowest BCUT2D eigenvalue weighted by molar-refractivity contribution is -0.119. The molecule has 21 heavy (non-hydrogen) atoms. The number of hydrogen-bond acceptors (Lipinski definition) is 2. The highest BCUT2D eigenvalue weighted by molar-refractivity contribution is 9.10. The fourth-order valence-corrected chi connectivity index (χ4v) is 2.88. The maximum Gasteiger partial charge on any atom is 0.248 e. The van der Waals surface area contributed by atoms with E-state index in [4.69, 9.17) is 17.3 Å². The van der Waals surface area contributed by atoms with Crippen molar-refractivity contribution in [3.05, 3.63) is 63.1 Å². The standard InChI is InChI=1S/C15H12BrClN2O.ClH/c16-10-3-6-13-12(7-10)14(18)15(20)19(13)8-9-1-4-11(17)5-2-9;/h1-7,14H,8,18H2;1H.